The molecule has 3 rings (SSSR count). The van der Waals surface area contributed by atoms with E-state index in [0.717, 1.165) is 41.1 Å². The van der Waals surface area contributed by atoms with Crippen LogP contribution >= 0.6 is 11.3 Å². The zero-order chi connectivity index (χ0) is 19.4. The molecule has 0 bridgehead atoms. The van der Waals surface area contributed by atoms with Crippen LogP contribution in [0.4, 0.5) is 5.00 Å². The fourth-order valence-corrected chi connectivity index (χ4v) is 4.65. The Hall–Kier alpha value is -2.56. The van der Waals surface area contributed by atoms with Crippen molar-refractivity contribution in [2.45, 2.75) is 40.0 Å². The van der Waals surface area contributed by atoms with Gasteiger partial charge in [0.2, 0.25) is 0 Å². The fraction of sp³-hybridized carbons (Fsp3) is 0.391. The van der Waals surface area contributed by atoms with Crippen LogP contribution in [0.25, 0.3) is 0 Å². The Balaban J connectivity index is 1.80. The molecule has 0 saturated carbocycles. The van der Waals surface area contributed by atoms with Gasteiger partial charge in [0.25, 0.3) is 0 Å². The minimum atomic E-state index is 0.259. The number of hydrogen-bond donors (Lipinski definition) is 0. The maximum absolute atomic E-state index is 9.66. The summed E-state index contributed by atoms with van der Waals surface area (Å²) in [7, 11) is 0. The highest BCUT2D eigenvalue weighted by Crippen LogP contribution is 2.44. The summed E-state index contributed by atoms with van der Waals surface area (Å²) in [5.74, 6) is 3.84. The van der Waals surface area contributed by atoms with Crippen molar-refractivity contribution < 1.29 is 4.74 Å². The Bertz CT molecular complexity index is 918. The molecule has 3 nitrogen and oxygen atoms in total. The molecule has 0 N–H and O–H groups in total. The molecular formula is C23H24N2OS. The number of nitriles is 1. The molecule has 0 fully saturated rings. The predicted octanol–water partition coefficient (Wildman–Crippen LogP) is 5.53. The highest BCUT2D eigenvalue weighted by Gasteiger charge is 2.32. The van der Waals surface area contributed by atoms with Gasteiger partial charge >= 0.3 is 0 Å². The first-order valence-electron chi connectivity index (χ1n) is 9.17. The number of aliphatic imine (C=N–C) groups is 1. The van der Waals surface area contributed by atoms with Gasteiger partial charge in [-0.2, -0.15) is 5.26 Å². The van der Waals surface area contributed by atoms with Gasteiger partial charge in [-0.15, -0.1) is 17.8 Å². The number of thiophene rings is 1. The lowest BCUT2D eigenvalue weighted by atomic mass is 9.72. The molecule has 0 aliphatic heterocycles. The second-order valence-corrected chi connectivity index (χ2v) is 9.01. The number of rotatable bonds is 4. The lowest BCUT2D eigenvalue weighted by molar-refractivity contribution is 0.218. The van der Waals surface area contributed by atoms with Crippen molar-refractivity contribution >= 4 is 22.6 Å². The molecule has 138 valence electrons. The van der Waals surface area contributed by atoms with E-state index in [-0.39, 0.29) is 6.61 Å². The van der Waals surface area contributed by atoms with E-state index in [1.807, 2.05) is 30.5 Å². The van der Waals surface area contributed by atoms with Crippen LogP contribution in [-0.2, 0) is 12.8 Å². The summed E-state index contributed by atoms with van der Waals surface area (Å²) in [6.45, 7) is 7.17. The van der Waals surface area contributed by atoms with Gasteiger partial charge in [-0.25, -0.2) is 4.99 Å². The summed E-state index contributed by atoms with van der Waals surface area (Å²) in [6.07, 6.45) is 10.2. The van der Waals surface area contributed by atoms with Gasteiger partial charge in [0.15, 0.2) is 0 Å². The highest BCUT2D eigenvalue weighted by molar-refractivity contribution is 7.16. The van der Waals surface area contributed by atoms with Gasteiger partial charge in [-0.05, 0) is 66.0 Å². The van der Waals surface area contributed by atoms with Crippen molar-refractivity contribution in [1.29, 1.82) is 5.26 Å². The SMILES string of the molecule is C#CCOc1ccc(C=Nc2sc3c(c2C#N)CC[C@H](C(C)(C)C)C3)cc1. The van der Waals surface area contributed by atoms with Crippen molar-refractivity contribution in [2.75, 3.05) is 6.61 Å². The van der Waals surface area contributed by atoms with E-state index in [9.17, 15) is 5.26 Å². The Kier molecular flexibility index (Phi) is 5.68. The lowest BCUT2D eigenvalue weighted by Gasteiger charge is -2.33. The molecule has 0 unspecified atom stereocenters. The molecular weight excluding hydrogens is 352 g/mol. The van der Waals surface area contributed by atoms with E-state index in [2.05, 4.69) is 37.8 Å². The van der Waals surface area contributed by atoms with E-state index < -0.39 is 0 Å². The first-order valence-corrected chi connectivity index (χ1v) is 9.99. The third-order valence-electron chi connectivity index (χ3n) is 5.12. The first-order chi connectivity index (χ1) is 12.9. The molecule has 1 aromatic carbocycles. The van der Waals surface area contributed by atoms with Gasteiger partial charge in [-0.1, -0.05) is 26.7 Å². The molecule has 2 aromatic rings. The minimum Gasteiger partial charge on any atom is -0.481 e. The monoisotopic (exact) mass is 376 g/mol. The molecule has 0 saturated heterocycles. The zero-order valence-electron chi connectivity index (χ0n) is 16.1. The van der Waals surface area contributed by atoms with Crippen LogP contribution in [0.1, 0.15) is 48.8 Å². The Morgan fingerprint density at radius 2 is 2.07 bits per heavy atom. The quantitative estimate of drug-likeness (QED) is 0.520. The molecule has 0 spiro atoms. The molecule has 27 heavy (non-hydrogen) atoms. The third-order valence-corrected chi connectivity index (χ3v) is 6.28. The smallest absolute Gasteiger partial charge is 0.148 e. The maximum atomic E-state index is 9.66. The fourth-order valence-electron chi connectivity index (χ4n) is 3.43. The topological polar surface area (TPSA) is 45.4 Å². The van der Waals surface area contributed by atoms with Crippen LogP contribution < -0.4 is 4.74 Å². The maximum Gasteiger partial charge on any atom is 0.148 e. The van der Waals surface area contributed by atoms with Crippen LogP contribution in [0.5, 0.6) is 5.75 Å². The van der Waals surface area contributed by atoms with E-state index in [4.69, 9.17) is 11.2 Å². The standard InChI is InChI=1S/C23H24N2OS/c1-5-12-26-18-9-6-16(7-10-18)15-25-22-20(14-24)19-11-8-17(23(2,3)4)13-21(19)27-22/h1,6-7,9-10,15,17H,8,11-13H2,2-4H3/t17-/m0/s1. The van der Waals surface area contributed by atoms with E-state index in [1.54, 1.807) is 11.3 Å². The molecule has 1 heterocycles. The van der Waals surface area contributed by atoms with Crippen LogP contribution in [-0.4, -0.2) is 12.8 Å². The molecule has 1 aliphatic carbocycles. The number of hydrogen-bond acceptors (Lipinski definition) is 4. The first kappa shape index (κ1) is 19.2. The zero-order valence-corrected chi connectivity index (χ0v) is 16.9. The average Bonchev–Trinajstić information content (AvgIpc) is 3.01. The van der Waals surface area contributed by atoms with Crippen LogP contribution in [0.3, 0.4) is 0 Å². The third kappa shape index (κ3) is 4.41. The second kappa shape index (κ2) is 7.99. The van der Waals surface area contributed by atoms with Crippen molar-refractivity contribution in [3.63, 3.8) is 0 Å². The number of nitrogens with zero attached hydrogens (tertiary/aromatic N) is 2. The normalized spacial score (nSPS) is 16.6. The Morgan fingerprint density at radius 1 is 1.33 bits per heavy atom. The number of terminal acetylenes is 1. The van der Waals surface area contributed by atoms with Crippen molar-refractivity contribution in [3.05, 3.63) is 45.8 Å². The van der Waals surface area contributed by atoms with Crippen LogP contribution in [0.15, 0.2) is 29.3 Å². The van der Waals surface area contributed by atoms with Crippen LogP contribution in [0.2, 0.25) is 0 Å². The lowest BCUT2D eigenvalue weighted by Crippen LogP contribution is -2.26. The second-order valence-electron chi connectivity index (χ2n) is 7.92. The summed E-state index contributed by atoms with van der Waals surface area (Å²) in [5.41, 5.74) is 3.23. The van der Waals surface area contributed by atoms with Gasteiger partial charge in [-0.3, -0.25) is 0 Å². The number of benzene rings is 1. The van der Waals surface area contributed by atoms with Gasteiger partial charge in [0.05, 0.1) is 5.56 Å². The van der Waals surface area contributed by atoms with Gasteiger partial charge < -0.3 is 4.74 Å². The van der Waals surface area contributed by atoms with Crippen molar-refractivity contribution in [1.82, 2.24) is 0 Å². The van der Waals surface area contributed by atoms with Gasteiger partial charge in [0, 0.05) is 11.1 Å². The average molecular weight is 377 g/mol. The van der Waals surface area contributed by atoms with Gasteiger partial charge in [0.1, 0.15) is 23.4 Å². The van der Waals surface area contributed by atoms with E-state index in [0.29, 0.717) is 11.3 Å². The molecule has 1 aliphatic rings. The molecule has 1 aromatic heterocycles. The number of fused-ring (bicyclic) bond motifs is 1. The summed E-state index contributed by atoms with van der Waals surface area (Å²) in [4.78, 5) is 5.97. The van der Waals surface area contributed by atoms with E-state index in [1.165, 1.54) is 10.4 Å². The molecule has 4 heteroatoms. The van der Waals surface area contributed by atoms with Crippen molar-refractivity contribution in [3.8, 4) is 24.2 Å². The summed E-state index contributed by atoms with van der Waals surface area (Å²) >= 11 is 1.67. The summed E-state index contributed by atoms with van der Waals surface area (Å²) < 4.78 is 5.38. The minimum absolute atomic E-state index is 0.259. The molecule has 1 atom stereocenters. The van der Waals surface area contributed by atoms with Crippen molar-refractivity contribution in [2.24, 2.45) is 16.3 Å². The number of ether oxygens (including phenoxy) is 1. The Morgan fingerprint density at radius 3 is 2.70 bits per heavy atom. The predicted molar refractivity (Wildman–Crippen MR) is 112 cm³/mol. The largest absolute Gasteiger partial charge is 0.481 e. The highest BCUT2D eigenvalue weighted by atomic mass is 32.1. The Labute approximate surface area is 165 Å². The van der Waals surface area contributed by atoms with E-state index >= 15 is 0 Å². The molecule has 0 amide bonds. The summed E-state index contributed by atoms with van der Waals surface area (Å²) in [6, 6.07) is 10.00. The molecule has 0 radical (unpaired) electrons. The summed E-state index contributed by atoms with van der Waals surface area (Å²) in [5, 5.41) is 10.5. The van der Waals surface area contributed by atoms with Crippen LogP contribution in [0, 0.1) is 35.0 Å².